The van der Waals surface area contributed by atoms with Crippen LogP contribution < -0.4 is 26.2 Å². The first kappa shape index (κ1) is 46.1. The fraction of sp³-hybridized carbons (Fsp3) is 0.0649. The summed E-state index contributed by atoms with van der Waals surface area (Å²) in [4.78, 5) is 5.20. The number of fused-ring (bicyclic) bond motifs is 17. The zero-order chi connectivity index (χ0) is 53.7. The molecule has 0 fully saturated rings. The van der Waals surface area contributed by atoms with Crippen LogP contribution in [0.3, 0.4) is 0 Å². The summed E-state index contributed by atoms with van der Waals surface area (Å²) in [6.07, 6.45) is 0. The van der Waals surface area contributed by atoms with Crippen molar-refractivity contribution in [2.75, 3.05) is 9.80 Å². The van der Waals surface area contributed by atoms with Crippen molar-refractivity contribution in [3.8, 4) is 50.2 Å². The van der Waals surface area contributed by atoms with E-state index in [0.29, 0.717) is 0 Å². The van der Waals surface area contributed by atoms with E-state index in [0.717, 1.165) is 17.1 Å². The molecule has 13 aromatic rings. The molecule has 1 aromatic heterocycles. The summed E-state index contributed by atoms with van der Waals surface area (Å²) in [6.45, 7) is 6.95. The number of benzene rings is 12. The Labute approximate surface area is 473 Å². The SMILES string of the molecule is CC(C)(C)c1ccc2c(c1)B1c3cc(-c4ccccc4)ccc3N(c3ccc(-c4ccccc4)cc3)c3cc(-n4c5ccccc5c5ccccc54)cc(c31)N2c1ccc2c(c1)-c1ccccc1C21c2ccccc2-c2ccccc21. The van der Waals surface area contributed by atoms with E-state index in [9.17, 15) is 0 Å². The van der Waals surface area contributed by atoms with Gasteiger partial charge in [-0.3, -0.25) is 0 Å². The molecular weight excluding hydrogens is 978 g/mol. The standard InChI is InChI=1S/C77H54BN3/c1-76(2,3)53-37-43-72-68(45-53)78-67-44-52(50-22-8-5-9-23-50)36-42-71(67)79(54-38-34-51(35-39-54)49-20-6-4-7-21-49)73-47-56(81-69-32-18-13-27-60(69)61-28-14-19-33-70(61)81)48-74(75(73)78)80(72)55-40-41-66-62(46-55)59-26-12-17-31-65(59)77(66)63-29-15-10-24-57(63)58-25-11-16-30-64(58)77/h4-48H,1-3H3. The molecule has 2 aliphatic heterocycles. The van der Waals surface area contributed by atoms with Gasteiger partial charge in [0.05, 0.1) is 22.1 Å². The lowest BCUT2D eigenvalue weighted by atomic mass is 9.33. The van der Waals surface area contributed by atoms with E-state index in [4.69, 9.17) is 0 Å². The molecule has 0 unspecified atom stereocenters. The summed E-state index contributed by atoms with van der Waals surface area (Å²) >= 11 is 0. The summed E-state index contributed by atoms with van der Waals surface area (Å²) in [7, 11) is 0. The van der Waals surface area contributed by atoms with Gasteiger partial charge in [0.1, 0.15) is 0 Å². The maximum absolute atomic E-state index is 2.63. The van der Waals surface area contributed by atoms with E-state index in [1.807, 2.05) is 0 Å². The minimum atomic E-state index is -0.448. The summed E-state index contributed by atoms with van der Waals surface area (Å²) in [5.74, 6) is 0. The minimum absolute atomic E-state index is 0.0980. The van der Waals surface area contributed by atoms with E-state index in [2.05, 4.69) is 308 Å². The third-order valence-electron chi connectivity index (χ3n) is 18.3. The highest BCUT2D eigenvalue weighted by molar-refractivity contribution is 7.00. The van der Waals surface area contributed by atoms with E-state index in [1.54, 1.807) is 0 Å². The van der Waals surface area contributed by atoms with Crippen molar-refractivity contribution >= 4 is 79.0 Å². The van der Waals surface area contributed by atoms with Crippen molar-refractivity contribution in [1.29, 1.82) is 0 Å². The molecule has 3 heterocycles. The van der Waals surface area contributed by atoms with Crippen LogP contribution in [-0.4, -0.2) is 11.3 Å². The summed E-state index contributed by atoms with van der Waals surface area (Å²) in [6, 6.07) is 103. The number of rotatable bonds is 5. The zero-order valence-corrected chi connectivity index (χ0v) is 45.4. The average molecular weight is 1030 g/mol. The van der Waals surface area contributed by atoms with E-state index in [1.165, 1.54) is 133 Å². The van der Waals surface area contributed by atoms with Gasteiger partial charge in [-0.15, -0.1) is 0 Å². The van der Waals surface area contributed by atoms with Gasteiger partial charge in [-0.2, -0.15) is 0 Å². The highest BCUT2D eigenvalue weighted by atomic mass is 15.2. The highest BCUT2D eigenvalue weighted by Gasteiger charge is 2.52. The predicted octanol–water partition coefficient (Wildman–Crippen LogP) is 17.8. The van der Waals surface area contributed by atoms with Crippen molar-refractivity contribution in [3.05, 3.63) is 301 Å². The maximum Gasteiger partial charge on any atom is 0.252 e. The number of hydrogen-bond acceptors (Lipinski definition) is 2. The molecule has 0 N–H and O–H groups in total. The fourth-order valence-electron chi connectivity index (χ4n) is 14.8. The molecule has 0 bridgehead atoms. The molecule has 380 valence electrons. The van der Waals surface area contributed by atoms with Gasteiger partial charge in [0.25, 0.3) is 6.71 Å². The first-order chi connectivity index (χ1) is 39.8. The van der Waals surface area contributed by atoms with Crippen LogP contribution >= 0.6 is 0 Å². The van der Waals surface area contributed by atoms with Crippen LogP contribution in [0.5, 0.6) is 0 Å². The average Bonchev–Trinajstić information content (AvgIpc) is 2.08. The first-order valence-electron chi connectivity index (χ1n) is 28.5. The lowest BCUT2D eigenvalue weighted by molar-refractivity contribution is 0.591. The summed E-state index contributed by atoms with van der Waals surface area (Å²) in [5.41, 5.74) is 30.5. The van der Waals surface area contributed by atoms with Gasteiger partial charge >= 0.3 is 0 Å². The normalized spacial score (nSPS) is 13.9. The van der Waals surface area contributed by atoms with Crippen LogP contribution in [0.1, 0.15) is 48.6 Å². The Kier molecular flexibility index (Phi) is 9.70. The van der Waals surface area contributed by atoms with Gasteiger partial charge in [0.2, 0.25) is 0 Å². The van der Waals surface area contributed by atoms with Crippen molar-refractivity contribution < 1.29 is 0 Å². The predicted molar refractivity (Wildman–Crippen MR) is 341 cm³/mol. The van der Waals surface area contributed by atoms with Gasteiger partial charge < -0.3 is 14.4 Å². The molecule has 3 nitrogen and oxygen atoms in total. The number of nitrogens with zero attached hydrogens (tertiary/aromatic N) is 3. The molecule has 0 atom stereocenters. The molecule has 17 rings (SSSR count). The lowest BCUT2D eigenvalue weighted by Crippen LogP contribution is -2.61. The van der Waals surface area contributed by atoms with E-state index >= 15 is 0 Å². The van der Waals surface area contributed by atoms with Crippen LogP contribution in [0.4, 0.5) is 34.1 Å². The van der Waals surface area contributed by atoms with E-state index < -0.39 is 5.41 Å². The van der Waals surface area contributed by atoms with Crippen LogP contribution in [0.25, 0.3) is 72.0 Å². The smallest absolute Gasteiger partial charge is 0.252 e. The number of anilines is 6. The van der Waals surface area contributed by atoms with E-state index in [-0.39, 0.29) is 12.1 Å². The Bertz CT molecular complexity index is 4660. The van der Waals surface area contributed by atoms with Crippen molar-refractivity contribution in [2.45, 2.75) is 31.6 Å². The van der Waals surface area contributed by atoms with Gasteiger partial charge in [-0.05, 0) is 155 Å². The fourth-order valence-corrected chi connectivity index (χ4v) is 14.8. The minimum Gasteiger partial charge on any atom is -0.311 e. The van der Waals surface area contributed by atoms with Gasteiger partial charge in [-0.25, -0.2) is 0 Å². The molecule has 12 aromatic carbocycles. The quantitative estimate of drug-likeness (QED) is 0.159. The van der Waals surface area contributed by atoms with Gasteiger partial charge in [-0.1, -0.05) is 233 Å². The van der Waals surface area contributed by atoms with Crippen molar-refractivity contribution in [1.82, 2.24) is 4.57 Å². The summed E-state index contributed by atoms with van der Waals surface area (Å²) in [5, 5.41) is 2.48. The van der Waals surface area contributed by atoms with Crippen LogP contribution in [0, 0.1) is 0 Å². The molecular formula is C77H54BN3. The molecule has 1 spiro atoms. The third kappa shape index (κ3) is 6.47. The second-order valence-corrected chi connectivity index (χ2v) is 23.6. The zero-order valence-electron chi connectivity index (χ0n) is 45.4. The first-order valence-corrected chi connectivity index (χ1v) is 28.5. The van der Waals surface area contributed by atoms with Crippen LogP contribution in [-0.2, 0) is 10.8 Å². The Morgan fingerprint density at radius 3 is 1.36 bits per heavy atom. The number of aromatic nitrogens is 1. The monoisotopic (exact) mass is 1030 g/mol. The molecule has 4 aliphatic rings. The Hall–Kier alpha value is -9.90. The Morgan fingerprint density at radius 1 is 0.321 bits per heavy atom. The Morgan fingerprint density at radius 2 is 0.765 bits per heavy atom. The largest absolute Gasteiger partial charge is 0.311 e. The highest BCUT2D eigenvalue weighted by Crippen LogP contribution is 2.63. The second kappa shape index (κ2) is 17.1. The van der Waals surface area contributed by atoms with Crippen molar-refractivity contribution in [2.24, 2.45) is 0 Å². The molecule has 0 radical (unpaired) electrons. The second-order valence-electron chi connectivity index (χ2n) is 23.6. The Balaban J connectivity index is 0.983. The molecule has 2 aliphatic carbocycles. The van der Waals surface area contributed by atoms with Crippen LogP contribution in [0.15, 0.2) is 273 Å². The molecule has 0 amide bonds. The van der Waals surface area contributed by atoms with Crippen molar-refractivity contribution in [3.63, 3.8) is 0 Å². The number of para-hydroxylation sites is 2. The van der Waals surface area contributed by atoms with Gasteiger partial charge in [0, 0.05) is 44.9 Å². The maximum atomic E-state index is 2.63. The topological polar surface area (TPSA) is 11.4 Å². The lowest BCUT2D eigenvalue weighted by Gasteiger charge is -2.45. The summed E-state index contributed by atoms with van der Waals surface area (Å²) < 4.78 is 2.51. The van der Waals surface area contributed by atoms with Crippen LogP contribution in [0.2, 0.25) is 0 Å². The molecule has 81 heavy (non-hydrogen) atoms. The molecule has 0 saturated heterocycles. The number of hydrogen-bond donors (Lipinski definition) is 0. The van der Waals surface area contributed by atoms with Gasteiger partial charge in [0.15, 0.2) is 0 Å². The third-order valence-corrected chi connectivity index (χ3v) is 18.3. The molecule has 0 saturated carbocycles. The molecule has 4 heteroatoms.